The summed E-state index contributed by atoms with van der Waals surface area (Å²) in [6, 6.07) is 3.56. The van der Waals surface area contributed by atoms with Crippen LogP contribution < -0.4 is 16.4 Å². The molecule has 0 spiro atoms. The minimum Gasteiger partial charge on any atom is -0.384 e. The second-order valence-corrected chi connectivity index (χ2v) is 7.98. The van der Waals surface area contributed by atoms with E-state index in [0.29, 0.717) is 25.2 Å². The Bertz CT molecular complexity index is 725. The highest BCUT2D eigenvalue weighted by molar-refractivity contribution is 7.91. The predicted octanol–water partition coefficient (Wildman–Crippen LogP) is 2.43. The van der Waals surface area contributed by atoms with Crippen LogP contribution in [0.25, 0.3) is 0 Å². The Labute approximate surface area is 146 Å². The normalized spacial score (nSPS) is 20.7. The van der Waals surface area contributed by atoms with Crippen LogP contribution >= 0.6 is 0 Å². The van der Waals surface area contributed by atoms with Crippen molar-refractivity contribution in [3.63, 3.8) is 0 Å². The molecule has 0 saturated heterocycles. The van der Waals surface area contributed by atoms with Gasteiger partial charge in [-0.3, -0.25) is 4.79 Å². The minimum absolute atomic E-state index is 0.0792. The van der Waals surface area contributed by atoms with Gasteiger partial charge in [-0.15, -0.1) is 0 Å². The fourth-order valence-corrected chi connectivity index (χ4v) is 3.89. The van der Waals surface area contributed by atoms with Gasteiger partial charge in [-0.05, 0) is 50.4 Å². The molecule has 0 radical (unpaired) electrons. The largest absolute Gasteiger partial charge is 0.384 e. The number of benzene rings is 1. The molecule has 1 aliphatic carbocycles. The van der Waals surface area contributed by atoms with Crippen LogP contribution in [0.1, 0.15) is 26.2 Å². The molecule has 2 atom stereocenters. The fraction of sp³-hybridized carbons (Fsp3) is 0.562. The average molecular weight is 375 g/mol. The second-order valence-electron chi connectivity index (χ2n) is 6.07. The number of alkyl halides is 2. The summed E-state index contributed by atoms with van der Waals surface area (Å²) in [6.07, 6.45) is 2.48. The van der Waals surface area contributed by atoms with Gasteiger partial charge in [0.05, 0.1) is 16.3 Å². The number of sulfone groups is 1. The lowest BCUT2D eigenvalue weighted by molar-refractivity contribution is -0.120. The zero-order valence-electron chi connectivity index (χ0n) is 14.0. The van der Waals surface area contributed by atoms with E-state index in [1.807, 2.05) is 6.92 Å². The molecule has 2 rings (SSSR count). The number of nitrogens with two attached hydrogens (primary N) is 1. The summed E-state index contributed by atoms with van der Waals surface area (Å²) in [5.74, 6) is -3.96. The van der Waals surface area contributed by atoms with Crippen LogP contribution in [-0.4, -0.2) is 33.2 Å². The fourth-order valence-electron chi connectivity index (χ4n) is 3.14. The molecule has 1 fully saturated rings. The summed E-state index contributed by atoms with van der Waals surface area (Å²) in [5, 5.41) is 5.67. The number of carbonyl (C=O) groups is 1. The molecule has 0 aliphatic heterocycles. The average Bonchev–Trinajstić information content (AvgIpc) is 3.05. The molecule has 140 valence electrons. The van der Waals surface area contributed by atoms with Gasteiger partial charge in [0.1, 0.15) is 0 Å². The van der Waals surface area contributed by atoms with E-state index in [-0.39, 0.29) is 23.4 Å². The number of anilines is 2. The van der Waals surface area contributed by atoms with Crippen LogP contribution in [0.15, 0.2) is 23.1 Å². The first-order valence-corrected chi connectivity index (χ1v) is 9.76. The Morgan fingerprint density at radius 1 is 1.32 bits per heavy atom. The number of hydrogen-bond acceptors (Lipinski definition) is 5. The molecular formula is C16H23F2N3O3S. The quantitative estimate of drug-likeness (QED) is 0.679. The molecule has 0 aromatic heterocycles. The van der Waals surface area contributed by atoms with E-state index in [1.54, 1.807) is 0 Å². The van der Waals surface area contributed by atoms with Gasteiger partial charge >= 0.3 is 5.76 Å². The highest BCUT2D eigenvalue weighted by Gasteiger charge is 2.33. The lowest BCUT2D eigenvalue weighted by atomic mass is 9.95. The SMILES string of the molecule is CCNc1ccc(S(=O)(=O)C(F)F)cc1NC(=O)[C@@H]1CCC[C@@H]1CN. The van der Waals surface area contributed by atoms with Crippen LogP contribution in [0.4, 0.5) is 20.2 Å². The van der Waals surface area contributed by atoms with Crippen molar-refractivity contribution in [1.29, 1.82) is 0 Å². The molecule has 1 amide bonds. The Balaban J connectivity index is 2.32. The number of rotatable bonds is 7. The van der Waals surface area contributed by atoms with Gasteiger partial charge in [-0.25, -0.2) is 8.42 Å². The summed E-state index contributed by atoms with van der Waals surface area (Å²) < 4.78 is 48.9. The van der Waals surface area contributed by atoms with Gasteiger partial charge in [0.15, 0.2) is 0 Å². The molecule has 4 N–H and O–H groups in total. The monoisotopic (exact) mass is 375 g/mol. The van der Waals surface area contributed by atoms with Crippen LogP contribution in [0.5, 0.6) is 0 Å². The van der Waals surface area contributed by atoms with E-state index in [4.69, 9.17) is 5.73 Å². The smallest absolute Gasteiger partial charge is 0.341 e. The Hall–Kier alpha value is -1.74. The van der Waals surface area contributed by atoms with E-state index in [9.17, 15) is 22.0 Å². The first-order chi connectivity index (χ1) is 11.8. The van der Waals surface area contributed by atoms with Gasteiger partial charge in [0, 0.05) is 12.5 Å². The number of halogens is 2. The van der Waals surface area contributed by atoms with E-state index >= 15 is 0 Å². The summed E-state index contributed by atoms with van der Waals surface area (Å²) in [7, 11) is -4.73. The molecule has 9 heteroatoms. The number of carbonyl (C=O) groups excluding carboxylic acids is 1. The first-order valence-electron chi connectivity index (χ1n) is 8.22. The summed E-state index contributed by atoms with van der Waals surface area (Å²) >= 11 is 0. The third kappa shape index (κ3) is 4.27. The zero-order valence-corrected chi connectivity index (χ0v) is 14.8. The minimum atomic E-state index is -4.73. The Morgan fingerprint density at radius 2 is 2.04 bits per heavy atom. The third-order valence-electron chi connectivity index (χ3n) is 4.48. The molecule has 6 nitrogen and oxygen atoms in total. The van der Waals surface area contributed by atoms with E-state index < -0.39 is 20.5 Å². The van der Waals surface area contributed by atoms with Crippen LogP contribution in [0.2, 0.25) is 0 Å². The van der Waals surface area contributed by atoms with Crippen molar-refractivity contribution in [2.24, 2.45) is 17.6 Å². The van der Waals surface area contributed by atoms with Crippen LogP contribution in [0, 0.1) is 11.8 Å². The highest BCUT2D eigenvalue weighted by Crippen LogP contribution is 2.34. The van der Waals surface area contributed by atoms with Gasteiger partial charge in [-0.1, -0.05) is 6.42 Å². The van der Waals surface area contributed by atoms with Gasteiger partial charge in [-0.2, -0.15) is 8.78 Å². The molecule has 1 aromatic carbocycles. The molecule has 1 aromatic rings. The maximum absolute atomic E-state index is 12.8. The second kappa shape index (κ2) is 8.09. The van der Waals surface area contributed by atoms with Crippen molar-refractivity contribution in [2.75, 3.05) is 23.7 Å². The molecule has 0 heterocycles. The van der Waals surface area contributed by atoms with E-state index in [1.165, 1.54) is 6.07 Å². The lowest BCUT2D eigenvalue weighted by Gasteiger charge is -2.19. The highest BCUT2D eigenvalue weighted by atomic mass is 32.2. The van der Waals surface area contributed by atoms with E-state index in [2.05, 4.69) is 10.6 Å². The molecular weight excluding hydrogens is 352 g/mol. The summed E-state index contributed by atoms with van der Waals surface area (Å²) in [4.78, 5) is 12.0. The number of nitrogens with one attached hydrogen (secondary N) is 2. The van der Waals surface area contributed by atoms with Gasteiger partial charge < -0.3 is 16.4 Å². The molecule has 0 unspecified atom stereocenters. The summed E-state index contributed by atoms with van der Waals surface area (Å²) in [5.41, 5.74) is 6.35. The van der Waals surface area contributed by atoms with Gasteiger partial charge in [0.25, 0.3) is 0 Å². The van der Waals surface area contributed by atoms with Crippen molar-refractivity contribution in [2.45, 2.75) is 36.8 Å². The van der Waals surface area contributed by atoms with Crippen molar-refractivity contribution in [1.82, 2.24) is 0 Å². The Kier molecular flexibility index (Phi) is 6.34. The van der Waals surface area contributed by atoms with Crippen LogP contribution in [0.3, 0.4) is 0 Å². The zero-order chi connectivity index (χ0) is 18.6. The summed E-state index contributed by atoms with van der Waals surface area (Å²) in [6.45, 7) is 2.76. The third-order valence-corrected chi connectivity index (χ3v) is 5.86. The standard InChI is InChI=1S/C16H23F2N3O3S/c1-2-20-13-7-6-11(25(23,24)16(17)18)8-14(13)21-15(22)12-5-3-4-10(12)9-19/h6-8,10,12,16,20H,2-5,9,19H2,1H3,(H,21,22)/t10-,12-/m1/s1. The first kappa shape index (κ1) is 19.6. The van der Waals surface area contributed by atoms with Crippen molar-refractivity contribution in [3.05, 3.63) is 18.2 Å². The number of hydrogen-bond donors (Lipinski definition) is 3. The van der Waals surface area contributed by atoms with Crippen LogP contribution in [-0.2, 0) is 14.6 Å². The number of amides is 1. The van der Waals surface area contributed by atoms with Crippen molar-refractivity contribution < 1.29 is 22.0 Å². The lowest BCUT2D eigenvalue weighted by Crippen LogP contribution is -2.30. The predicted molar refractivity (Wildman–Crippen MR) is 92.3 cm³/mol. The maximum Gasteiger partial charge on any atom is 0.341 e. The molecule has 1 saturated carbocycles. The molecule has 25 heavy (non-hydrogen) atoms. The van der Waals surface area contributed by atoms with Crippen molar-refractivity contribution in [3.8, 4) is 0 Å². The topological polar surface area (TPSA) is 101 Å². The molecule has 1 aliphatic rings. The maximum atomic E-state index is 12.8. The Morgan fingerprint density at radius 3 is 2.64 bits per heavy atom. The van der Waals surface area contributed by atoms with Crippen molar-refractivity contribution >= 4 is 27.1 Å². The van der Waals surface area contributed by atoms with Gasteiger partial charge in [0.2, 0.25) is 15.7 Å². The van der Waals surface area contributed by atoms with E-state index in [0.717, 1.165) is 25.0 Å². The molecule has 0 bridgehead atoms.